The second-order valence-electron chi connectivity index (χ2n) is 1.34. The van der Waals surface area contributed by atoms with Gasteiger partial charge in [-0.1, -0.05) is 0 Å². The Kier molecular flexibility index (Phi) is 3.88. The minimum Gasteiger partial charge on any atom is -0.400 e. The summed E-state index contributed by atoms with van der Waals surface area (Å²) >= 11 is 0. The van der Waals surface area contributed by atoms with Gasteiger partial charge in [-0.2, -0.15) is 0 Å². The second-order valence-corrected chi connectivity index (χ2v) is 1.34. The quantitative estimate of drug-likeness (QED) is 0.512. The molecule has 46 valence electrons. The van der Waals surface area contributed by atoms with Crippen molar-refractivity contribution in [1.29, 1.82) is 5.41 Å². The summed E-state index contributed by atoms with van der Waals surface area (Å²) in [6.07, 6.45) is 2.62. The molecule has 0 aliphatic heterocycles. The van der Waals surface area contributed by atoms with Crippen LogP contribution in [0.4, 0.5) is 0 Å². The molecule has 0 saturated heterocycles. The first-order valence-electron chi connectivity index (χ1n) is 2.25. The highest BCUT2D eigenvalue weighted by atomic mass is 16.5. The van der Waals surface area contributed by atoms with Crippen LogP contribution in [0.25, 0.3) is 0 Å². The lowest BCUT2D eigenvalue weighted by Crippen LogP contribution is -2.04. The van der Waals surface area contributed by atoms with Gasteiger partial charge in [0.05, 0.1) is 6.61 Å². The fourth-order valence-corrected chi connectivity index (χ4v) is 0.322. The number of rotatable bonds is 3. The third-order valence-corrected chi connectivity index (χ3v) is 0.608. The van der Waals surface area contributed by atoms with Crippen LogP contribution in [-0.4, -0.2) is 19.9 Å². The molecule has 3 N–H and O–H groups in total. The van der Waals surface area contributed by atoms with Crippen LogP contribution in [0.1, 0.15) is 0 Å². The van der Waals surface area contributed by atoms with E-state index < -0.39 is 0 Å². The van der Waals surface area contributed by atoms with Crippen molar-refractivity contribution < 1.29 is 4.74 Å². The highest BCUT2D eigenvalue weighted by molar-refractivity contribution is 5.68. The van der Waals surface area contributed by atoms with E-state index in [-0.39, 0.29) is 0 Å². The van der Waals surface area contributed by atoms with E-state index in [1.54, 1.807) is 7.11 Å². The number of nitrogens with one attached hydrogen (secondary N) is 1. The van der Waals surface area contributed by atoms with E-state index in [1.807, 2.05) is 0 Å². The number of allylic oxidation sites excluding steroid dienone is 1. The van der Waals surface area contributed by atoms with Crippen LogP contribution in [0.2, 0.25) is 0 Å². The molecule has 0 aromatic rings. The first kappa shape index (κ1) is 7.17. The minimum absolute atomic E-state index is 0.398. The molecule has 0 aromatic carbocycles. The molecule has 0 aliphatic rings. The maximum Gasteiger partial charge on any atom is 0.0857 e. The lowest BCUT2D eigenvalue weighted by Gasteiger charge is -1.93. The first-order chi connectivity index (χ1) is 3.81. The van der Waals surface area contributed by atoms with E-state index in [0.717, 1.165) is 6.21 Å². The highest BCUT2D eigenvalue weighted by Gasteiger charge is 1.81. The van der Waals surface area contributed by atoms with Crippen molar-refractivity contribution in [2.45, 2.75) is 0 Å². The summed E-state index contributed by atoms with van der Waals surface area (Å²) in [7, 11) is 1.56. The molecule has 0 unspecified atom stereocenters. The topological polar surface area (TPSA) is 59.1 Å². The molecule has 0 heterocycles. The summed E-state index contributed by atoms with van der Waals surface area (Å²) in [5, 5.41) is 6.57. The number of hydrogen-bond acceptors (Lipinski definition) is 3. The van der Waals surface area contributed by atoms with Crippen molar-refractivity contribution in [3.05, 3.63) is 11.8 Å². The Morgan fingerprint density at radius 1 is 1.88 bits per heavy atom. The van der Waals surface area contributed by atoms with Crippen LogP contribution in [0, 0.1) is 5.41 Å². The third kappa shape index (κ3) is 3.36. The normalized spacial score (nSPS) is 11.4. The third-order valence-electron chi connectivity index (χ3n) is 0.608. The van der Waals surface area contributed by atoms with Gasteiger partial charge in [-0.25, -0.2) is 0 Å². The second kappa shape index (κ2) is 4.33. The molecule has 3 heteroatoms. The zero-order valence-corrected chi connectivity index (χ0v) is 4.85. The van der Waals surface area contributed by atoms with Crippen LogP contribution in [-0.2, 0) is 4.74 Å². The molecule has 0 fully saturated rings. The summed E-state index contributed by atoms with van der Waals surface area (Å²) < 4.78 is 4.66. The minimum atomic E-state index is 0.398. The summed E-state index contributed by atoms with van der Waals surface area (Å²) in [4.78, 5) is 0. The summed E-state index contributed by atoms with van der Waals surface area (Å²) in [6.45, 7) is 0.398. The van der Waals surface area contributed by atoms with Gasteiger partial charge in [0.1, 0.15) is 0 Å². The maximum absolute atomic E-state index is 6.57. The number of hydrogen-bond donors (Lipinski definition) is 2. The van der Waals surface area contributed by atoms with Crippen LogP contribution >= 0.6 is 0 Å². The molecule has 8 heavy (non-hydrogen) atoms. The van der Waals surface area contributed by atoms with Gasteiger partial charge in [-0.15, -0.1) is 0 Å². The largest absolute Gasteiger partial charge is 0.400 e. The molecule has 0 saturated carbocycles. The van der Waals surface area contributed by atoms with Crippen molar-refractivity contribution in [2.24, 2.45) is 5.73 Å². The fourth-order valence-electron chi connectivity index (χ4n) is 0.322. The Balaban J connectivity index is 3.44. The molecule has 0 aliphatic carbocycles. The lowest BCUT2D eigenvalue weighted by atomic mass is 10.4. The molecule has 0 spiro atoms. The predicted molar refractivity (Wildman–Crippen MR) is 32.9 cm³/mol. The molecule has 0 aromatic heterocycles. The average Bonchev–Trinajstić information content (AvgIpc) is 1.68. The van der Waals surface area contributed by atoms with Crippen molar-refractivity contribution in [3.63, 3.8) is 0 Å². The Bertz CT molecular complexity index is 98.6. The molecular weight excluding hydrogens is 104 g/mol. The predicted octanol–water partition coefficient (Wildman–Crippen LogP) is 0.125. The van der Waals surface area contributed by atoms with Gasteiger partial charge in [0, 0.05) is 19.0 Å². The SMILES string of the molecule is COC/C(N)=C/C=N. The molecule has 3 nitrogen and oxygen atoms in total. The molecule has 0 radical (unpaired) electrons. The van der Waals surface area contributed by atoms with Gasteiger partial charge in [0.15, 0.2) is 0 Å². The standard InChI is InChI=1S/C5H10N2O/c1-8-4-5(7)2-3-6/h2-3,6H,4,7H2,1H3/b5-2-,6-3?. The molecular formula is C5H10N2O. The number of methoxy groups -OCH3 is 1. The molecule has 0 bridgehead atoms. The zero-order chi connectivity index (χ0) is 6.41. The number of nitrogens with two attached hydrogens (primary N) is 1. The maximum atomic E-state index is 6.57. The van der Waals surface area contributed by atoms with E-state index in [2.05, 4.69) is 4.74 Å². The Morgan fingerprint density at radius 3 is 2.88 bits per heavy atom. The van der Waals surface area contributed by atoms with Crippen molar-refractivity contribution in [1.82, 2.24) is 0 Å². The van der Waals surface area contributed by atoms with Crippen LogP contribution in [0.5, 0.6) is 0 Å². The van der Waals surface area contributed by atoms with Gasteiger partial charge in [-0.3, -0.25) is 0 Å². The van der Waals surface area contributed by atoms with Crippen LogP contribution in [0.15, 0.2) is 11.8 Å². The van der Waals surface area contributed by atoms with Gasteiger partial charge in [0.2, 0.25) is 0 Å². The summed E-state index contributed by atoms with van der Waals surface area (Å²) in [5.74, 6) is 0. The van der Waals surface area contributed by atoms with Gasteiger partial charge in [0.25, 0.3) is 0 Å². The fraction of sp³-hybridized carbons (Fsp3) is 0.400. The van der Waals surface area contributed by atoms with E-state index in [4.69, 9.17) is 11.1 Å². The average molecular weight is 114 g/mol. The van der Waals surface area contributed by atoms with Gasteiger partial charge < -0.3 is 15.9 Å². The van der Waals surface area contributed by atoms with Gasteiger partial charge in [-0.05, 0) is 6.08 Å². The first-order valence-corrected chi connectivity index (χ1v) is 2.25. The Labute approximate surface area is 48.6 Å². The smallest absolute Gasteiger partial charge is 0.0857 e. The molecule has 0 rings (SSSR count). The number of ether oxygens (including phenoxy) is 1. The summed E-state index contributed by atoms with van der Waals surface area (Å²) in [5.41, 5.74) is 5.85. The highest BCUT2D eigenvalue weighted by Crippen LogP contribution is 1.79. The van der Waals surface area contributed by atoms with Crippen LogP contribution < -0.4 is 5.73 Å². The van der Waals surface area contributed by atoms with Crippen LogP contribution in [0.3, 0.4) is 0 Å². The van der Waals surface area contributed by atoms with Crippen molar-refractivity contribution in [2.75, 3.05) is 13.7 Å². The van der Waals surface area contributed by atoms with E-state index >= 15 is 0 Å². The Hall–Kier alpha value is -0.830. The van der Waals surface area contributed by atoms with Crippen molar-refractivity contribution in [3.8, 4) is 0 Å². The van der Waals surface area contributed by atoms with Gasteiger partial charge >= 0.3 is 0 Å². The van der Waals surface area contributed by atoms with E-state index in [9.17, 15) is 0 Å². The molecule has 0 atom stereocenters. The molecule has 0 amide bonds. The zero-order valence-electron chi connectivity index (χ0n) is 4.85. The summed E-state index contributed by atoms with van der Waals surface area (Å²) in [6, 6.07) is 0. The monoisotopic (exact) mass is 114 g/mol. The Morgan fingerprint density at radius 2 is 2.50 bits per heavy atom. The van der Waals surface area contributed by atoms with E-state index in [0.29, 0.717) is 12.3 Å². The lowest BCUT2D eigenvalue weighted by molar-refractivity contribution is 0.225. The van der Waals surface area contributed by atoms with E-state index in [1.165, 1.54) is 6.08 Å². The van der Waals surface area contributed by atoms with Crippen molar-refractivity contribution >= 4 is 6.21 Å².